The highest BCUT2D eigenvalue weighted by Gasteiger charge is 2.12. The first-order valence-electron chi connectivity index (χ1n) is 5.22. The van der Waals surface area contributed by atoms with E-state index >= 15 is 0 Å². The number of hydrogen-bond acceptors (Lipinski definition) is 4. The molecule has 0 aromatic rings. The monoisotopic (exact) mass is 215 g/mol. The highest BCUT2D eigenvalue weighted by Crippen LogP contribution is 2.17. The van der Waals surface area contributed by atoms with E-state index in [2.05, 4.69) is 20.8 Å². The van der Waals surface area contributed by atoms with Crippen molar-refractivity contribution in [3.05, 3.63) is 0 Å². The molecule has 0 aromatic carbocycles. The normalized spacial score (nSPS) is 11.2. The van der Waals surface area contributed by atoms with Crippen LogP contribution in [0.3, 0.4) is 0 Å². The van der Waals surface area contributed by atoms with Crippen LogP contribution >= 0.6 is 0 Å². The predicted octanol–water partition coefficient (Wildman–Crippen LogP) is 1.27. The molecule has 0 aromatic heterocycles. The van der Waals surface area contributed by atoms with Crippen molar-refractivity contribution < 1.29 is 14.3 Å². The quantitative estimate of drug-likeness (QED) is 0.677. The van der Waals surface area contributed by atoms with E-state index < -0.39 is 0 Å². The molecule has 0 aliphatic heterocycles. The molecule has 0 rings (SSSR count). The lowest BCUT2D eigenvalue weighted by atomic mass is 9.93. The van der Waals surface area contributed by atoms with Crippen LogP contribution in [0.25, 0.3) is 0 Å². The zero-order chi connectivity index (χ0) is 11.9. The van der Waals surface area contributed by atoms with Crippen LogP contribution in [0, 0.1) is 5.41 Å². The Bertz CT molecular complexity index is 218. The summed E-state index contributed by atoms with van der Waals surface area (Å²) in [5.74, 6) is -0.427. The Morgan fingerprint density at radius 1 is 1.20 bits per heavy atom. The molecule has 15 heavy (non-hydrogen) atoms. The Hall–Kier alpha value is -0.900. The highest BCUT2D eigenvalue weighted by molar-refractivity contribution is 5.84. The molecule has 0 amide bonds. The average molecular weight is 215 g/mol. The fourth-order valence-electron chi connectivity index (χ4n) is 0.887. The molecule has 0 aliphatic carbocycles. The minimum absolute atomic E-state index is 0.00469. The van der Waals surface area contributed by atoms with Gasteiger partial charge in [0.2, 0.25) is 0 Å². The number of ketones is 1. The molecule has 0 aliphatic rings. The predicted molar refractivity (Wildman–Crippen MR) is 58.3 cm³/mol. The van der Waals surface area contributed by atoms with Crippen LogP contribution in [-0.4, -0.2) is 24.9 Å². The van der Waals surface area contributed by atoms with E-state index in [-0.39, 0.29) is 36.6 Å². The van der Waals surface area contributed by atoms with E-state index in [0.29, 0.717) is 6.61 Å². The van der Waals surface area contributed by atoms with Crippen LogP contribution in [0.4, 0.5) is 0 Å². The number of carbonyl (C=O) groups is 2. The summed E-state index contributed by atoms with van der Waals surface area (Å²) in [7, 11) is 0. The first kappa shape index (κ1) is 14.1. The van der Waals surface area contributed by atoms with Gasteiger partial charge < -0.3 is 10.5 Å². The van der Waals surface area contributed by atoms with Gasteiger partial charge >= 0.3 is 5.97 Å². The maximum Gasteiger partial charge on any atom is 0.306 e. The zero-order valence-electron chi connectivity index (χ0n) is 9.84. The van der Waals surface area contributed by atoms with Crippen molar-refractivity contribution in [2.45, 2.75) is 40.0 Å². The molecule has 0 unspecified atom stereocenters. The number of nitrogens with two attached hydrogens (primary N) is 1. The van der Waals surface area contributed by atoms with Gasteiger partial charge in [0, 0.05) is 6.42 Å². The van der Waals surface area contributed by atoms with Crippen molar-refractivity contribution in [1.29, 1.82) is 0 Å². The van der Waals surface area contributed by atoms with Gasteiger partial charge in [-0.3, -0.25) is 9.59 Å². The van der Waals surface area contributed by atoms with Crippen LogP contribution in [0.1, 0.15) is 40.0 Å². The molecular weight excluding hydrogens is 194 g/mol. The van der Waals surface area contributed by atoms with Gasteiger partial charge in [0.1, 0.15) is 5.78 Å². The summed E-state index contributed by atoms with van der Waals surface area (Å²) >= 11 is 0. The van der Waals surface area contributed by atoms with Crippen molar-refractivity contribution in [3.8, 4) is 0 Å². The van der Waals surface area contributed by atoms with Crippen molar-refractivity contribution in [1.82, 2.24) is 0 Å². The fourth-order valence-corrected chi connectivity index (χ4v) is 0.887. The number of Topliss-reactive ketones (excluding diaryl/α,β-unsaturated/α-hetero) is 1. The molecule has 88 valence electrons. The third-order valence-corrected chi connectivity index (χ3v) is 1.95. The lowest BCUT2D eigenvalue weighted by Gasteiger charge is -2.17. The lowest BCUT2D eigenvalue weighted by Crippen LogP contribution is -2.17. The molecule has 4 heteroatoms. The number of hydrogen-bond donors (Lipinski definition) is 1. The molecule has 2 N–H and O–H groups in total. The molecular formula is C11H21NO3. The second-order valence-electron chi connectivity index (χ2n) is 4.77. The maximum absolute atomic E-state index is 11.1. The van der Waals surface area contributed by atoms with Crippen molar-refractivity contribution in [3.63, 3.8) is 0 Å². The third kappa shape index (κ3) is 9.41. The Balaban J connectivity index is 3.54. The van der Waals surface area contributed by atoms with E-state index in [1.54, 1.807) is 0 Å². The van der Waals surface area contributed by atoms with Crippen LogP contribution in [-0.2, 0) is 14.3 Å². The van der Waals surface area contributed by atoms with Gasteiger partial charge in [0.05, 0.1) is 19.6 Å². The number of carbonyl (C=O) groups excluding carboxylic acids is 2. The summed E-state index contributed by atoms with van der Waals surface area (Å²) in [6, 6.07) is 0. The molecule has 0 radical (unpaired) electrons. The summed E-state index contributed by atoms with van der Waals surface area (Å²) in [4.78, 5) is 22.0. The molecule has 0 saturated heterocycles. The fraction of sp³-hybridized carbons (Fsp3) is 0.818. The summed E-state index contributed by atoms with van der Waals surface area (Å²) in [5.41, 5.74) is 5.27. The van der Waals surface area contributed by atoms with Crippen LogP contribution in [0.2, 0.25) is 0 Å². The Morgan fingerprint density at radius 3 is 2.27 bits per heavy atom. The van der Waals surface area contributed by atoms with Crippen LogP contribution in [0.15, 0.2) is 0 Å². The first-order valence-corrected chi connectivity index (χ1v) is 5.22. The molecule has 4 nitrogen and oxygen atoms in total. The van der Waals surface area contributed by atoms with Gasteiger partial charge in [-0.25, -0.2) is 0 Å². The average Bonchev–Trinajstić information content (AvgIpc) is 2.12. The highest BCUT2D eigenvalue weighted by atomic mass is 16.5. The standard InChI is InChI=1S/C11H21NO3/c1-11(2,3)6-7-15-10(14)5-4-9(13)8-12/h4-8,12H2,1-3H3. The maximum atomic E-state index is 11.1. The van der Waals surface area contributed by atoms with Gasteiger partial charge in [-0.1, -0.05) is 20.8 Å². The van der Waals surface area contributed by atoms with Gasteiger partial charge in [-0.2, -0.15) is 0 Å². The van der Waals surface area contributed by atoms with E-state index in [1.807, 2.05) is 0 Å². The molecule has 0 bridgehead atoms. The summed E-state index contributed by atoms with van der Waals surface area (Å²) in [6.07, 6.45) is 1.15. The second-order valence-corrected chi connectivity index (χ2v) is 4.77. The second kappa shape index (κ2) is 6.56. The first-order chi connectivity index (χ1) is 6.85. The minimum Gasteiger partial charge on any atom is -0.466 e. The molecule has 0 fully saturated rings. The molecule has 0 spiro atoms. The largest absolute Gasteiger partial charge is 0.466 e. The van der Waals surface area contributed by atoms with Gasteiger partial charge in [0.15, 0.2) is 0 Å². The number of rotatable bonds is 6. The smallest absolute Gasteiger partial charge is 0.306 e. The molecule has 0 saturated carbocycles. The van der Waals surface area contributed by atoms with Crippen LogP contribution < -0.4 is 5.73 Å². The summed E-state index contributed by atoms with van der Waals surface area (Å²) in [5, 5.41) is 0. The molecule has 0 atom stereocenters. The lowest BCUT2D eigenvalue weighted by molar-refractivity contribution is -0.145. The van der Waals surface area contributed by atoms with Crippen molar-refractivity contribution in [2.75, 3.05) is 13.2 Å². The van der Waals surface area contributed by atoms with E-state index in [0.717, 1.165) is 6.42 Å². The Labute approximate surface area is 91.2 Å². The SMILES string of the molecule is CC(C)(C)CCOC(=O)CCC(=O)CN. The summed E-state index contributed by atoms with van der Waals surface area (Å²) in [6.45, 7) is 6.66. The summed E-state index contributed by atoms with van der Waals surface area (Å²) < 4.78 is 4.98. The van der Waals surface area contributed by atoms with Crippen LogP contribution in [0.5, 0.6) is 0 Å². The van der Waals surface area contributed by atoms with Crippen molar-refractivity contribution in [2.24, 2.45) is 11.1 Å². The topological polar surface area (TPSA) is 69.4 Å². The van der Waals surface area contributed by atoms with E-state index in [4.69, 9.17) is 10.5 Å². The van der Waals surface area contributed by atoms with Gasteiger partial charge in [-0.15, -0.1) is 0 Å². The van der Waals surface area contributed by atoms with Gasteiger partial charge in [0.25, 0.3) is 0 Å². The Morgan fingerprint density at radius 2 is 1.80 bits per heavy atom. The number of esters is 1. The Kier molecular flexibility index (Phi) is 6.17. The van der Waals surface area contributed by atoms with E-state index in [1.165, 1.54) is 0 Å². The zero-order valence-corrected chi connectivity index (χ0v) is 9.84. The van der Waals surface area contributed by atoms with E-state index in [9.17, 15) is 9.59 Å². The minimum atomic E-state index is -0.318. The van der Waals surface area contributed by atoms with Crippen molar-refractivity contribution >= 4 is 11.8 Å². The third-order valence-electron chi connectivity index (χ3n) is 1.95. The number of ether oxygens (including phenoxy) is 1. The molecule has 0 heterocycles. The van der Waals surface area contributed by atoms with Gasteiger partial charge in [-0.05, 0) is 11.8 Å².